The second kappa shape index (κ2) is 6.36. The van der Waals surface area contributed by atoms with Gasteiger partial charge in [0.2, 0.25) is 5.91 Å². The Kier molecular flexibility index (Phi) is 4.74. The van der Waals surface area contributed by atoms with Crippen LogP contribution < -0.4 is 4.90 Å². The van der Waals surface area contributed by atoms with Crippen molar-refractivity contribution in [1.29, 1.82) is 0 Å². The van der Waals surface area contributed by atoms with E-state index in [0.717, 1.165) is 0 Å². The highest BCUT2D eigenvalue weighted by atomic mass is 32.2. The SMILES string of the molecule is CCS(=O)(=O)c1cccc(CC(=O)N(C)c2nccs2)c1. The summed E-state index contributed by atoms with van der Waals surface area (Å²) in [5, 5.41) is 2.42. The average molecular weight is 324 g/mol. The van der Waals surface area contributed by atoms with E-state index in [4.69, 9.17) is 0 Å². The second-order valence-corrected chi connectivity index (χ2v) is 7.65. The molecule has 112 valence electrons. The highest BCUT2D eigenvalue weighted by Crippen LogP contribution is 2.18. The summed E-state index contributed by atoms with van der Waals surface area (Å²) in [6.07, 6.45) is 1.78. The van der Waals surface area contributed by atoms with Gasteiger partial charge in [-0.2, -0.15) is 0 Å². The zero-order valence-corrected chi connectivity index (χ0v) is 13.4. The lowest BCUT2D eigenvalue weighted by Gasteiger charge is -2.14. The molecule has 0 saturated heterocycles. The summed E-state index contributed by atoms with van der Waals surface area (Å²) in [6.45, 7) is 1.60. The largest absolute Gasteiger partial charge is 0.291 e. The number of rotatable bonds is 5. The van der Waals surface area contributed by atoms with E-state index in [-0.39, 0.29) is 23.0 Å². The molecule has 1 aromatic heterocycles. The summed E-state index contributed by atoms with van der Waals surface area (Å²) < 4.78 is 23.7. The maximum atomic E-state index is 12.2. The number of hydrogen-bond donors (Lipinski definition) is 0. The van der Waals surface area contributed by atoms with Gasteiger partial charge in [0.1, 0.15) is 0 Å². The van der Waals surface area contributed by atoms with Crippen LogP contribution in [0.2, 0.25) is 0 Å². The van der Waals surface area contributed by atoms with Crippen molar-refractivity contribution in [2.75, 3.05) is 17.7 Å². The number of anilines is 1. The van der Waals surface area contributed by atoms with Crippen molar-refractivity contribution in [3.8, 4) is 0 Å². The van der Waals surface area contributed by atoms with Crippen molar-refractivity contribution < 1.29 is 13.2 Å². The summed E-state index contributed by atoms with van der Waals surface area (Å²) in [6, 6.07) is 6.53. The monoisotopic (exact) mass is 324 g/mol. The molecule has 5 nitrogen and oxygen atoms in total. The maximum Gasteiger partial charge on any atom is 0.232 e. The summed E-state index contributed by atoms with van der Waals surface area (Å²) in [4.78, 5) is 18.0. The molecule has 0 fully saturated rings. The first-order valence-electron chi connectivity index (χ1n) is 6.42. The molecule has 0 aliphatic rings. The van der Waals surface area contributed by atoms with E-state index in [1.807, 2.05) is 0 Å². The predicted molar refractivity (Wildman–Crippen MR) is 83.4 cm³/mol. The minimum Gasteiger partial charge on any atom is -0.291 e. The van der Waals surface area contributed by atoms with Gasteiger partial charge in [-0.3, -0.25) is 9.69 Å². The van der Waals surface area contributed by atoms with Crippen LogP contribution in [-0.4, -0.2) is 32.1 Å². The average Bonchev–Trinajstić information content (AvgIpc) is 3.01. The molecule has 1 amide bonds. The number of nitrogens with zero attached hydrogens (tertiary/aromatic N) is 2. The Balaban J connectivity index is 2.17. The van der Waals surface area contributed by atoms with Gasteiger partial charge in [0, 0.05) is 18.6 Å². The normalized spacial score (nSPS) is 11.3. The van der Waals surface area contributed by atoms with E-state index in [1.165, 1.54) is 16.2 Å². The minimum atomic E-state index is -3.26. The van der Waals surface area contributed by atoms with Gasteiger partial charge in [0.25, 0.3) is 0 Å². The molecule has 0 spiro atoms. The number of thiazole rings is 1. The summed E-state index contributed by atoms with van der Waals surface area (Å²) in [5.41, 5.74) is 0.679. The Morgan fingerprint density at radius 2 is 2.14 bits per heavy atom. The molecule has 0 bridgehead atoms. The number of carbonyl (C=O) groups excluding carboxylic acids is 1. The summed E-state index contributed by atoms with van der Waals surface area (Å²) >= 11 is 1.38. The molecule has 7 heteroatoms. The number of aromatic nitrogens is 1. The van der Waals surface area contributed by atoms with E-state index in [1.54, 1.807) is 49.8 Å². The first kappa shape index (κ1) is 15.7. The zero-order valence-electron chi connectivity index (χ0n) is 11.8. The van der Waals surface area contributed by atoms with Crippen LogP contribution in [0.5, 0.6) is 0 Å². The lowest BCUT2D eigenvalue weighted by Crippen LogP contribution is -2.27. The molecule has 0 radical (unpaired) electrons. The summed E-state index contributed by atoms with van der Waals surface area (Å²) in [5.74, 6) is -0.0836. The lowest BCUT2D eigenvalue weighted by molar-refractivity contribution is -0.117. The molecule has 2 rings (SSSR count). The number of carbonyl (C=O) groups is 1. The Hall–Kier alpha value is -1.73. The standard InChI is InChI=1S/C14H16N2O3S2/c1-3-21(18,19)12-6-4-5-11(9-12)10-13(17)16(2)14-15-7-8-20-14/h4-9H,3,10H2,1-2H3. The lowest BCUT2D eigenvalue weighted by atomic mass is 10.1. The van der Waals surface area contributed by atoms with Gasteiger partial charge in [0.05, 0.1) is 17.1 Å². The minimum absolute atomic E-state index is 0.0451. The van der Waals surface area contributed by atoms with Gasteiger partial charge in [-0.05, 0) is 17.7 Å². The van der Waals surface area contributed by atoms with Gasteiger partial charge in [-0.15, -0.1) is 11.3 Å². The van der Waals surface area contributed by atoms with Crippen LogP contribution >= 0.6 is 11.3 Å². The highest BCUT2D eigenvalue weighted by Gasteiger charge is 2.16. The van der Waals surface area contributed by atoms with E-state index in [0.29, 0.717) is 10.7 Å². The van der Waals surface area contributed by atoms with Crippen molar-refractivity contribution in [3.63, 3.8) is 0 Å². The fraction of sp³-hybridized carbons (Fsp3) is 0.286. The molecule has 21 heavy (non-hydrogen) atoms. The third kappa shape index (κ3) is 3.68. The van der Waals surface area contributed by atoms with Crippen LogP contribution in [0.15, 0.2) is 40.7 Å². The van der Waals surface area contributed by atoms with Crippen LogP contribution in [0.4, 0.5) is 5.13 Å². The third-order valence-electron chi connectivity index (χ3n) is 3.07. The number of amides is 1. The number of hydrogen-bond acceptors (Lipinski definition) is 5. The molecule has 0 N–H and O–H groups in total. The zero-order chi connectivity index (χ0) is 15.5. The van der Waals surface area contributed by atoms with Gasteiger partial charge in [0.15, 0.2) is 15.0 Å². The van der Waals surface area contributed by atoms with E-state index in [9.17, 15) is 13.2 Å². The van der Waals surface area contributed by atoms with Gasteiger partial charge < -0.3 is 0 Å². The van der Waals surface area contributed by atoms with Crippen molar-refractivity contribution >= 4 is 32.2 Å². The Labute approximate surface area is 128 Å². The number of sulfone groups is 1. The molecule has 1 aromatic carbocycles. The summed E-state index contributed by atoms with van der Waals surface area (Å²) in [7, 11) is -1.59. The van der Waals surface area contributed by atoms with Crippen LogP contribution in [0.1, 0.15) is 12.5 Å². The molecular formula is C14H16N2O3S2. The molecule has 0 saturated carbocycles. The third-order valence-corrected chi connectivity index (χ3v) is 5.65. The Morgan fingerprint density at radius 1 is 1.38 bits per heavy atom. The van der Waals surface area contributed by atoms with E-state index >= 15 is 0 Å². The Morgan fingerprint density at radius 3 is 2.76 bits per heavy atom. The predicted octanol–water partition coefficient (Wildman–Crippen LogP) is 2.14. The van der Waals surface area contributed by atoms with Gasteiger partial charge in [-0.25, -0.2) is 13.4 Å². The van der Waals surface area contributed by atoms with Crippen molar-refractivity contribution in [2.24, 2.45) is 0 Å². The van der Waals surface area contributed by atoms with Crippen LogP contribution in [0.3, 0.4) is 0 Å². The fourth-order valence-corrected chi connectivity index (χ4v) is 3.37. The quantitative estimate of drug-likeness (QED) is 0.845. The molecule has 0 aliphatic carbocycles. The van der Waals surface area contributed by atoms with Crippen LogP contribution in [0.25, 0.3) is 0 Å². The van der Waals surface area contributed by atoms with Crippen molar-refractivity contribution in [1.82, 2.24) is 4.98 Å². The first-order valence-corrected chi connectivity index (χ1v) is 8.95. The first-order chi connectivity index (χ1) is 9.94. The maximum absolute atomic E-state index is 12.2. The van der Waals surface area contributed by atoms with Crippen LogP contribution in [0, 0.1) is 0 Å². The van der Waals surface area contributed by atoms with Gasteiger partial charge in [-0.1, -0.05) is 19.1 Å². The second-order valence-electron chi connectivity index (χ2n) is 4.50. The Bertz CT molecular complexity index is 724. The van der Waals surface area contributed by atoms with Crippen LogP contribution in [-0.2, 0) is 21.1 Å². The number of likely N-dealkylation sites (N-methyl/N-ethyl adjacent to an activating group) is 1. The van der Waals surface area contributed by atoms with Crippen molar-refractivity contribution in [2.45, 2.75) is 18.2 Å². The number of benzene rings is 1. The molecular weight excluding hydrogens is 308 g/mol. The van der Waals surface area contributed by atoms with E-state index in [2.05, 4.69) is 4.98 Å². The molecule has 0 atom stereocenters. The molecule has 0 unspecified atom stereocenters. The fourth-order valence-electron chi connectivity index (χ4n) is 1.80. The van der Waals surface area contributed by atoms with E-state index < -0.39 is 9.84 Å². The molecule has 2 aromatic rings. The highest BCUT2D eigenvalue weighted by molar-refractivity contribution is 7.91. The van der Waals surface area contributed by atoms with Crippen molar-refractivity contribution in [3.05, 3.63) is 41.4 Å². The van der Waals surface area contributed by atoms with Gasteiger partial charge >= 0.3 is 0 Å². The molecule has 0 aliphatic heterocycles. The topological polar surface area (TPSA) is 67.3 Å². The molecule has 1 heterocycles. The smallest absolute Gasteiger partial charge is 0.232 e.